The molecule has 1 aliphatic rings. The van der Waals surface area contributed by atoms with Crippen molar-refractivity contribution in [2.75, 3.05) is 5.32 Å². The fourth-order valence-electron chi connectivity index (χ4n) is 2.18. The Morgan fingerprint density at radius 2 is 1.96 bits per heavy atom. The molecule has 0 aliphatic carbocycles. The van der Waals surface area contributed by atoms with Crippen molar-refractivity contribution in [1.82, 2.24) is 0 Å². The number of carbonyl (C=O) groups excluding carboxylic acids is 2. The lowest BCUT2D eigenvalue weighted by Gasteiger charge is -2.01. The lowest BCUT2D eigenvalue weighted by Crippen LogP contribution is -2.05. The number of amides is 1. The number of ether oxygens (including phenoxy) is 1. The van der Waals surface area contributed by atoms with Crippen LogP contribution in [0, 0.1) is 0 Å². The van der Waals surface area contributed by atoms with E-state index in [1.54, 1.807) is 54.6 Å². The molecule has 1 heterocycles. The van der Waals surface area contributed by atoms with E-state index in [-0.39, 0.29) is 17.5 Å². The van der Waals surface area contributed by atoms with E-state index < -0.39 is 5.97 Å². The van der Waals surface area contributed by atoms with Crippen LogP contribution >= 0.6 is 11.6 Å². The van der Waals surface area contributed by atoms with Gasteiger partial charge in [-0.2, -0.15) is 0 Å². The summed E-state index contributed by atoms with van der Waals surface area (Å²) >= 11 is 5.94. The highest BCUT2D eigenvalue weighted by molar-refractivity contribution is 6.31. The van der Waals surface area contributed by atoms with Crippen LogP contribution in [-0.2, 0) is 14.3 Å². The lowest BCUT2D eigenvalue weighted by atomic mass is 10.1. The molecule has 0 saturated carbocycles. The Balaban J connectivity index is 1.84. The molecule has 3 rings (SSSR count). The van der Waals surface area contributed by atoms with E-state index in [9.17, 15) is 9.59 Å². The summed E-state index contributed by atoms with van der Waals surface area (Å²) in [5.74, 6) is -0.434. The maximum Gasteiger partial charge on any atom is 0.363 e. The highest BCUT2D eigenvalue weighted by Crippen LogP contribution is 2.21. The molecule has 120 valence electrons. The van der Waals surface area contributed by atoms with E-state index in [0.29, 0.717) is 16.3 Å². The first kappa shape index (κ1) is 16.0. The first-order valence-corrected chi connectivity index (χ1v) is 7.55. The van der Waals surface area contributed by atoms with Crippen molar-refractivity contribution in [3.05, 3.63) is 70.4 Å². The second-order valence-corrected chi connectivity index (χ2v) is 5.59. The zero-order valence-electron chi connectivity index (χ0n) is 12.7. The Hall–Kier alpha value is -2.92. The van der Waals surface area contributed by atoms with Gasteiger partial charge < -0.3 is 10.1 Å². The van der Waals surface area contributed by atoms with Gasteiger partial charge in [0.05, 0.1) is 0 Å². The van der Waals surface area contributed by atoms with Crippen molar-refractivity contribution in [3.8, 4) is 0 Å². The van der Waals surface area contributed by atoms with E-state index in [1.807, 2.05) is 0 Å². The lowest BCUT2D eigenvalue weighted by molar-refractivity contribution is -0.129. The third-order valence-electron chi connectivity index (χ3n) is 3.23. The van der Waals surface area contributed by atoms with E-state index in [2.05, 4.69) is 10.3 Å². The summed E-state index contributed by atoms with van der Waals surface area (Å²) in [6, 6.07) is 14.0. The molecule has 0 aromatic heterocycles. The summed E-state index contributed by atoms with van der Waals surface area (Å²) in [5, 5.41) is 3.22. The number of anilines is 1. The second kappa shape index (κ2) is 6.68. The fraction of sp³-hybridized carbons (Fsp3) is 0.0556. The topological polar surface area (TPSA) is 67.8 Å². The number of carbonyl (C=O) groups is 2. The largest absolute Gasteiger partial charge is 0.402 e. The van der Waals surface area contributed by atoms with Crippen molar-refractivity contribution in [2.45, 2.75) is 6.92 Å². The van der Waals surface area contributed by atoms with E-state index in [1.165, 1.54) is 6.92 Å². The van der Waals surface area contributed by atoms with Gasteiger partial charge in [-0.05, 0) is 42.0 Å². The zero-order chi connectivity index (χ0) is 17.1. The highest BCUT2D eigenvalue weighted by Gasteiger charge is 2.24. The molecule has 0 unspecified atom stereocenters. The van der Waals surface area contributed by atoms with Crippen LogP contribution in [0.5, 0.6) is 0 Å². The molecular weight excluding hydrogens is 328 g/mol. The van der Waals surface area contributed by atoms with Gasteiger partial charge in [-0.3, -0.25) is 4.79 Å². The quantitative estimate of drug-likeness (QED) is 0.685. The molecule has 1 amide bonds. The van der Waals surface area contributed by atoms with Gasteiger partial charge in [0.1, 0.15) is 0 Å². The summed E-state index contributed by atoms with van der Waals surface area (Å²) in [6.07, 6.45) is 1.62. The second-order valence-electron chi connectivity index (χ2n) is 5.15. The van der Waals surface area contributed by atoms with Crippen LogP contribution in [0.4, 0.5) is 5.69 Å². The number of benzene rings is 2. The molecule has 1 aliphatic heterocycles. The smallest absolute Gasteiger partial charge is 0.363 e. The summed E-state index contributed by atoms with van der Waals surface area (Å²) in [7, 11) is 0. The minimum atomic E-state index is -0.518. The van der Waals surface area contributed by atoms with Crippen LogP contribution < -0.4 is 5.32 Å². The van der Waals surface area contributed by atoms with E-state index >= 15 is 0 Å². The van der Waals surface area contributed by atoms with Gasteiger partial charge in [0, 0.05) is 23.2 Å². The monoisotopic (exact) mass is 340 g/mol. The molecule has 0 radical (unpaired) electrons. The molecule has 0 saturated heterocycles. The van der Waals surface area contributed by atoms with Crippen molar-refractivity contribution in [2.24, 2.45) is 4.99 Å². The van der Waals surface area contributed by atoms with Crippen LogP contribution in [0.25, 0.3) is 6.08 Å². The third-order valence-corrected chi connectivity index (χ3v) is 3.46. The van der Waals surface area contributed by atoms with E-state index in [0.717, 1.165) is 5.56 Å². The Morgan fingerprint density at radius 3 is 2.62 bits per heavy atom. The van der Waals surface area contributed by atoms with E-state index in [4.69, 9.17) is 16.3 Å². The van der Waals surface area contributed by atoms with Gasteiger partial charge in [0.2, 0.25) is 11.8 Å². The molecule has 0 spiro atoms. The van der Waals surface area contributed by atoms with Crippen LogP contribution in [0.1, 0.15) is 18.1 Å². The first-order chi connectivity index (χ1) is 11.5. The number of aliphatic imine (C=N–C) groups is 1. The standard InChI is InChI=1S/C18H13ClN2O3/c1-11(22)20-15-7-5-12(6-8-15)9-16-18(23)24-17(21-16)13-3-2-4-14(19)10-13/h2-10H,1H3,(H,20,22)/b16-9-. The number of nitrogens with zero attached hydrogens (tertiary/aromatic N) is 1. The van der Waals surface area contributed by atoms with Crippen LogP contribution in [0.15, 0.2) is 59.2 Å². The van der Waals surface area contributed by atoms with Crippen molar-refractivity contribution >= 4 is 41.1 Å². The number of cyclic esters (lactones) is 1. The summed E-state index contributed by atoms with van der Waals surface area (Å²) < 4.78 is 5.19. The number of hydrogen-bond acceptors (Lipinski definition) is 4. The molecule has 1 N–H and O–H groups in total. The number of nitrogens with one attached hydrogen (secondary N) is 1. The van der Waals surface area contributed by atoms with Crippen molar-refractivity contribution < 1.29 is 14.3 Å². The third kappa shape index (κ3) is 3.70. The normalized spacial score (nSPS) is 15.2. The predicted octanol–water partition coefficient (Wildman–Crippen LogP) is 3.64. The molecule has 24 heavy (non-hydrogen) atoms. The zero-order valence-corrected chi connectivity index (χ0v) is 13.5. The number of halogens is 1. The van der Waals surface area contributed by atoms with Crippen molar-refractivity contribution in [3.63, 3.8) is 0 Å². The van der Waals surface area contributed by atoms with Gasteiger partial charge >= 0.3 is 5.97 Å². The molecule has 0 fully saturated rings. The molecule has 0 atom stereocenters. The SMILES string of the molecule is CC(=O)Nc1ccc(/C=C2\N=C(c3cccc(Cl)c3)OC2=O)cc1. The summed E-state index contributed by atoms with van der Waals surface area (Å²) in [5.41, 5.74) is 2.30. The highest BCUT2D eigenvalue weighted by atomic mass is 35.5. The van der Waals surface area contributed by atoms with Crippen LogP contribution in [-0.4, -0.2) is 17.8 Å². The minimum absolute atomic E-state index is 0.142. The summed E-state index contributed by atoms with van der Waals surface area (Å²) in [6.45, 7) is 1.44. The average Bonchev–Trinajstić information content (AvgIpc) is 2.90. The Labute approximate surface area is 143 Å². The Kier molecular flexibility index (Phi) is 4.44. The first-order valence-electron chi connectivity index (χ1n) is 7.17. The molecule has 2 aromatic rings. The molecule has 5 nitrogen and oxygen atoms in total. The van der Waals surface area contributed by atoms with Crippen LogP contribution in [0.3, 0.4) is 0 Å². The van der Waals surface area contributed by atoms with Gasteiger partial charge in [0.15, 0.2) is 5.70 Å². The van der Waals surface area contributed by atoms with Gasteiger partial charge in [-0.15, -0.1) is 0 Å². The van der Waals surface area contributed by atoms with Gasteiger partial charge in [-0.25, -0.2) is 9.79 Å². The van der Waals surface area contributed by atoms with Crippen LogP contribution in [0.2, 0.25) is 5.02 Å². The maximum atomic E-state index is 12.0. The van der Waals surface area contributed by atoms with Gasteiger partial charge in [0.25, 0.3) is 0 Å². The predicted molar refractivity (Wildman–Crippen MR) is 92.8 cm³/mol. The Morgan fingerprint density at radius 1 is 1.21 bits per heavy atom. The molecular formula is C18H13ClN2O3. The number of rotatable bonds is 3. The molecule has 2 aromatic carbocycles. The van der Waals surface area contributed by atoms with Gasteiger partial charge in [-0.1, -0.05) is 29.8 Å². The number of hydrogen-bond donors (Lipinski definition) is 1. The number of esters is 1. The molecule has 0 bridgehead atoms. The molecule has 6 heteroatoms. The Bertz CT molecular complexity index is 870. The fourth-order valence-corrected chi connectivity index (χ4v) is 2.37. The minimum Gasteiger partial charge on any atom is -0.402 e. The summed E-state index contributed by atoms with van der Waals surface area (Å²) in [4.78, 5) is 27.2. The average molecular weight is 341 g/mol. The van der Waals surface area contributed by atoms with Crippen molar-refractivity contribution in [1.29, 1.82) is 0 Å². The maximum absolute atomic E-state index is 12.0.